The molecule has 0 amide bonds. The molecule has 168 valence electrons. The Morgan fingerprint density at radius 2 is 1.88 bits per heavy atom. The second kappa shape index (κ2) is 10.2. The quantitative estimate of drug-likeness (QED) is 0.253. The van der Waals surface area contributed by atoms with E-state index in [-0.39, 0.29) is 11.6 Å². The zero-order valence-electron chi connectivity index (χ0n) is 18.1. The van der Waals surface area contributed by atoms with Crippen molar-refractivity contribution in [2.75, 3.05) is 6.61 Å². The molecule has 0 radical (unpaired) electrons. The molecule has 1 heterocycles. The average molecular weight is 527 g/mol. The van der Waals surface area contributed by atoms with Crippen LogP contribution in [0, 0.1) is 6.92 Å². The van der Waals surface area contributed by atoms with Crippen LogP contribution in [0.4, 0.5) is 0 Å². The number of rotatable bonds is 7. The van der Waals surface area contributed by atoms with E-state index in [1.54, 1.807) is 18.2 Å². The molecule has 33 heavy (non-hydrogen) atoms. The molecule has 0 atom stereocenters. The monoisotopic (exact) mass is 525 g/mol. The van der Waals surface area contributed by atoms with E-state index in [1.165, 1.54) is 5.56 Å². The SMILES string of the molecule is CCOc1cc(/C=C2\N=C(c3cccc(Br)c3)OC2=O)cc(Cl)c1OCc1ccc(C)cc1. The first-order valence-electron chi connectivity index (χ1n) is 10.4. The number of cyclic esters (lactones) is 1. The number of carbonyl (C=O) groups is 1. The summed E-state index contributed by atoms with van der Waals surface area (Å²) < 4.78 is 18.0. The summed E-state index contributed by atoms with van der Waals surface area (Å²) in [6, 6.07) is 18.9. The van der Waals surface area contributed by atoms with Crippen molar-refractivity contribution in [3.8, 4) is 11.5 Å². The van der Waals surface area contributed by atoms with Crippen LogP contribution in [-0.4, -0.2) is 18.5 Å². The van der Waals surface area contributed by atoms with Gasteiger partial charge in [0.25, 0.3) is 0 Å². The lowest BCUT2D eigenvalue weighted by Crippen LogP contribution is -2.05. The molecule has 0 unspecified atom stereocenters. The zero-order valence-corrected chi connectivity index (χ0v) is 20.4. The third-order valence-corrected chi connectivity index (χ3v) is 5.60. The van der Waals surface area contributed by atoms with Crippen LogP contribution >= 0.6 is 27.5 Å². The number of benzene rings is 3. The van der Waals surface area contributed by atoms with Gasteiger partial charge in [-0.15, -0.1) is 0 Å². The highest BCUT2D eigenvalue weighted by molar-refractivity contribution is 9.10. The van der Waals surface area contributed by atoms with E-state index in [0.717, 1.165) is 10.0 Å². The molecular weight excluding hydrogens is 506 g/mol. The third-order valence-electron chi connectivity index (χ3n) is 4.83. The molecule has 0 aromatic heterocycles. The Bertz CT molecular complexity index is 1250. The summed E-state index contributed by atoms with van der Waals surface area (Å²) in [6.07, 6.45) is 1.62. The van der Waals surface area contributed by atoms with Gasteiger partial charge in [0.2, 0.25) is 5.90 Å². The van der Waals surface area contributed by atoms with Crippen LogP contribution in [0.2, 0.25) is 5.02 Å². The van der Waals surface area contributed by atoms with Crippen LogP contribution < -0.4 is 9.47 Å². The third kappa shape index (κ3) is 5.64. The lowest BCUT2D eigenvalue weighted by molar-refractivity contribution is -0.129. The molecule has 0 fully saturated rings. The van der Waals surface area contributed by atoms with Gasteiger partial charge in [-0.1, -0.05) is 63.4 Å². The first-order chi connectivity index (χ1) is 15.9. The van der Waals surface area contributed by atoms with Crippen LogP contribution in [0.15, 0.2) is 75.8 Å². The molecule has 3 aromatic rings. The van der Waals surface area contributed by atoms with E-state index in [9.17, 15) is 4.79 Å². The van der Waals surface area contributed by atoms with Crippen molar-refractivity contribution in [3.05, 3.63) is 98.1 Å². The van der Waals surface area contributed by atoms with Gasteiger partial charge in [-0.3, -0.25) is 0 Å². The number of aliphatic imine (C=N–C) groups is 1. The topological polar surface area (TPSA) is 57.1 Å². The van der Waals surface area contributed by atoms with Gasteiger partial charge in [0, 0.05) is 10.0 Å². The van der Waals surface area contributed by atoms with Gasteiger partial charge < -0.3 is 14.2 Å². The minimum absolute atomic E-state index is 0.178. The molecule has 0 saturated carbocycles. The van der Waals surface area contributed by atoms with Crippen molar-refractivity contribution in [2.45, 2.75) is 20.5 Å². The number of aryl methyl sites for hydroxylation is 1. The van der Waals surface area contributed by atoms with Gasteiger partial charge in [-0.05, 0) is 61.4 Å². The average Bonchev–Trinajstić information content (AvgIpc) is 3.15. The molecule has 4 rings (SSSR count). The molecule has 5 nitrogen and oxygen atoms in total. The Kier molecular flexibility index (Phi) is 7.16. The van der Waals surface area contributed by atoms with E-state index in [2.05, 4.69) is 20.9 Å². The molecule has 1 aliphatic rings. The molecular formula is C26H21BrClNO4. The zero-order chi connectivity index (χ0) is 23.4. The highest BCUT2D eigenvalue weighted by atomic mass is 79.9. The molecule has 0 N–H and O–H groups in total. The van der Waals surface area contributed by atoms with Crippen LogP contribution in [0.1, 0.15) is 29.2 Å². The number of nitrogens with zero attached hydrogens (tertiary/aromatic N) is 1. The van der Waals surface area contributed by atoms with Crippen molar-refractivity contribution in [1.29, 1.82) is 0 Å². The molecule has 7 heteroatoms. The second-order valence-electron chi connectivity index (χ2n) is 7.38. The normalized spacial score (nSPS) is 14.2. The fourth-order valence-corrected chi connectivity index (χ4v) is 3.90. The fourth-order valence-electron chi connectivity index (χ4n) is 3.23. The number of hydrogen-bond acceptors (Lipinski definition) is 5. The van der Waals surface area contributed by atoms with E-state index in [0.29, 0.717) is 40.9 Å². The summed E-state index contributed by atoms with van der Waals surface area (Å²) >= 11 is 9.94. The summed E-state index contributed by atoms with van der Waals surface area (Å²) in [5, 5.41) is 0.377. The smallest absolute Gasteiger partial charge is 0.363 e. The lowest BCUT2D eigenvalue weighted by Gasteiger charge is -2.14. The number of carbonyl (C=O) groups excluding carboxylic acids is 1. The summed E-state index contributed by atoms with van der Waals surface area (Å²) in [5.41, 5.74) is 3.73. The van der Waals surface area contributed by atoms with Gasteiger partial charge in [-0.25, -0.2) is 9.79 Å². The first-order valence-corrected chi connectivity index (χ1v) is 11.5. The summed E-state index contributed by atoms with van der Waals surface area (Å²) in [6.45, 7) is 4.71. The minimum atomic E-state index is -0.529. The molecule has 0 bridgehead atoms. The lowest BCUT2D eigenvalue weighted by atomic mass is 10.1. The predicted octanol–water partition coefficient (Wildman–Crippen LogP) is 6.73. The van der Waals surface area contributed by atoms with Crippen molar-refractivity contribution in [1.82, 2.24) is 0 Å². The fraction of sp³-hybridized carbons (Fsp3) is 0.154. The maximum Gasteiger partial charge on any atom is 0.363 e. The van der Waals surface area contributed by atoms with Crippen molar-refractivity contribution in [2.24, 2.45) is 4.99 Å². The predicted molar refractivity (Wildman–Crippen MR) is 133 cm³/mol. The molecule has 0 spiro atoms. The van der Waals surface area contributed by atoms with Crippen molar-refractivity contribution in [3.63, 3.8) is 0 Å². The largest absolute Gasteiger partial charge is 0.490 e. The van der Waals surface area contributed by atoms with E-state index in [4.69, 9.17) is 25.8 Å². The Morgan fingerprint density at radius 3 is 2.61 bits per heavy atom. The van der Waals surface area contributed by atoms with Crippen molar-refractivity contribution < 1.29 is 19.0 Å². The summed E-state index contributed by atoms with van der Waals surface area (Å²) in [5.74, 6) is 0.667. The minimum Gasteiger partial charge on any atom is -0.490 e. The van der Waals surface area contributed by atoms with E-state index >= 15 is 0 Å². The first kappa shape index (κ1) is 23.1. The van der Waals surface area contributed by atoms with E-state index in [1.807, 2.05) is 62.4 Å². The number of halogens is 2. The Labute approximate surface area is 205 Å². The Hall–Kier alpha value is -3.09. The maximum atomic E-state index is 12.4. The van der Waals surface area contributed by atoms with Gasteiger partial charge >= 0.3 is 5.97 Å². The number of ether oxygens (including phenoxy) is 3. The Balaban J connectivity index is 1.61. The Morgan fingerprint density at radius 1 is 1.09 bits per heavy atom. The molecule has 3 aromatic carbocycles. The van der Waals surface area contributed by atoms with Crippen LogP contribution in [0.3, 0.4) is 0 Å². The van der Waals surface area contributed by atoms with Crippen molar-refractivity contribution >= 4 is 45.5 Å². The second-order valence-corrected chi connectivity index (χ2v) is 8.71. The van der Waals surface area contributed by atoms with Gasteiger partial charge in [0.15, 0.2) is 17.2 Å². The molecule has 0 saturated heterocycles. The maximum absolute atomic E-state index is 12.4. The summed E-state index contributed by atoms with van der Waals surface area (Å²) in [4.78, 5) is 16.7. The van der Waals surface area contributed by atoms with Gasteiger partial charge in [0.1, 0.15) is 6.61 Å². The number of esters is 1. The number of hydrogen-bond donors (Lipinski definition) is 0. The highest BCUT2D eigenvalue weighted by Gasteiger charge is 2.24. The van der Waals surface area contributed by atoms with Crippen LogP contribution in [0.5, 0.6) is 11.5 Å². The molecule has 1 aliphatic heterocycles. The highest BCUT2D eigenvalue weighted by Crippen LogP contribution is 2.38. The summed E-state index contributed by atoms with van der Waals surface area (Å²) in [7, 11) is 0. The van der Waals surface area contributed by atoms with Gasteiger partial charge in [0.05, 0.1) is 11.6 Å². The molecule has 0 aliphatic carbocycles. The standard InChI is InChI=1S/C26H21BrClNO4/c1-3-31-23-13-18(11-21(28)24(23)32-15-17-9-7-16(2)8-10-17)12-22-26(30)33-25(29-22)19-5-4-6-20(27)14-19/h4-14H,3,15H2,1-2H3/b22-12-. The van der Waals surface area contributed by atoms with Crippen LogP contribution in [0.25, 0.3) is 6.08 Å². The van der Waals surface area contributed by atoms with Crippen LogP contribution in [-0.2, 0) is 16.1 Å². The van der Waals surface area contributed by atoms with E-state index < -0.39 is 5.97 Å². The van der Waals surface area contributed by atoms with Gasteiger partial charge in [-0.2, -0.15) is 0 Å².